The van der Waals surface area contributed by atoms with Crippen molar-refractivity contribution in [1.29, 1.82) is 0 Å². The standard InChI is InChI=1S/C21H26N6O8/c1-10-6-12-13(7-11(10)2)27(21(34)18(22-12)20-23-24-25-26(20)3)8-14(28)19(33)15(29)9-35-17(32)5-4-16(30)31/h6-7,14-15,19,28-29,33H,4-5,8-9H2,1-3H3,(H,30,31)/t14-,15+,19-/m0/s1. The Hall–Kier alpha value is -3.75. The number of carbonyl (C=O) groups excluding carboxylic acids is 1. The van der Waals surface area contributed by atoms with Gasteiger partial charge in [-0.2, -0.15) is 0 Å². The molecule has 0 saturated carbocycles. The van der Waals surface area contributed by atoms with Crippen LogP contribution in [0.5, 0.6) is 0 Å². The summed E-state index contributed by atoms with van der Waals surface area (Å²) in [6, 6.07) is 3.49. The molecule has 14 heteroatoms. The van der Waals surface area contributed by atoms with Crippen LogP contribution in [0, 0.1) is 13.8 Å². The van der Waals surface area contributed by atoms with Crippen LogP contribution in [0.25, 0.3) is 22.6 Å². The number of aromatic nitrogens is 6. The fourth-order valence-electron chi connectivity index (χ4n) is 3.36. The topological polar surface area (TPSA) is 203 Å². The molecule has 3 aromatic rings. The average molecular weight is 490 g/mol. The van der Waals surface area contributed by atoms with Crippen molar-refractivity contribution >= 4 is 23.0 Å². The Bertz CT molecular complexity index is 1300. The summed E-state index contributed by atoms with van der Waals surface area (Å²) in [7, 11) is 1.54. The Morgan fingerprint density at radius 3 is 2.40 bits per heavy atom. The number of ether oxygens (including phenoxy) is 1. The number of tetrazole rings is 1. The first kappa shape index (κ1) is 25.9. The van der Waals surface area contributed by atoms with Gasteiger partial charge in [-0.3, -0.25) is 14.4 Å². The fourth-order valence-corrected chi connectivity index (χ4v) is 3.36. The van der Waals surface area contributed by atoms with Crippen molar-refractivity contribution in [3.8, 4) is 11.5 Å². The molecule has 1 aromatic carbocycles. The third kappa shape index (κ3) is 5.85. The zero-order valence-electron chi connectivity index (χ0n) is 19.3. The second-order valence-corrected chi connectivity index (χ2v) is 8.13. The molecule has 188 valence electrons. The highest BCUT2D eigenvalue weighted by Gasteiger charge is 2.28. The zero-order chi connectivity index (χ0) is 25.9. The summed E-state index contributed by atoms with van der Waals surface area (Å²) in [6.07, 6.45) is -5.96. The second kappa shape index (κ2) is 10.7. The molecule has 0 fully saturated rings. The van der Waals surface area contributed by atoms with E-state index in [1.54, 1.807) is 12.1 Å². The summed E-state index contributed by atoms with van der Waals surface area (Å²) >= 11 is 0. The van der Waals surface area contributed by atoms with Crippen LogP contribution >= 0.6 is 0 Å². The number of carbonyl (C=O) groups is 2. The number of aliphatic carboxylic acids is 1. The maximum atomic E-state index is 13.3. The lowest BCUT2D eigenvalue weighted by atomic mass is 10.1. The van der Waals surface area contributed by atoms with Gasteiger partial charge < -0.3 is 29.7 Å². The molecule has 2 aromatic heterocycles. The van der Waals surface area contributed by atoms with Crippen LogP contribution in [0.3, 0.4) is 0 Å². The molecule has 14 nitrogen and oxygen atoms in total. The fraction of sp³-hybridized carbons (Fsp3) is 0.476. The van der Waals surface area contributed by atoms with Gasteiger partial charge in [-0.15, -0.1) is 5.10 Å². The Morgan fingerprint density at radius 2 is 1.77 bits per heavy atom. The van der Waals surface area contributed by atoms with E-state index in [9.17, 15) is 29.7 Å². The molecule has 0 aliphatic heterocycles. The monoisotopic (exact) mass is 490 g/mol. The lowest BCUT2D eigenvalue weighted by molar-refractivity contribution is -0.154. The summed E-state index contributed by atoms with van der Waals surface area (Å²) in [5.41, 5.74) is 1.90. The van der Waals surface area contributed by atoms with Gasteiger partial charge in [0.1, 0.15) is 24.9 Å². The van der Waals surface area contributed by atoms with Crippen LogP contribution in [0.2, 0.25) is 0 Å². The number of aliphatic hydroxyl groups is 3. The molecule has 0 amide bonds. The minimum Gasteiger partial charge on any atom is -0.481 e. The van der Waals surface area contributed by atoms with Crippen molar-refractivity contribution in [2.24, 2.45) is 7.05 Å². The van der Waals surface area contributed by atoms with Gasteiger partial charge >= 0.3 is 11.9 Å². The van der Waals surface area contributed by atoms with Crippen molar-refractivity contribution in [2.45, 2.75) is 51.5 Å². The molecule has 0 spiro atoms. The maximum Gasteiger partial charge on any atom is 0.306 e. The molecule has 0 aliphatic carbocycles. The SMILES string of the molecule is Cc1cc2nc(-c3nnnn3C)c(=O)n(C[C@H](O)[C@H](O)[C@H](O)COC(=O)CCC(=O)O)c2cc1C. The Balaban J connectivity index is 1.88. The van der Waals surface area contributed by atoms with Crippen molar-refractivity contribution < 1.29 is 34.8 Å². The van der Waals surface area contributed by atoms with Crippen LogP contribution < -0.4 is 5.56 Å². The molecule has 0 bridgehead atoms. The third-order valence-electron chi connectivity index (χ3n) is 5.51. The minimum atomic E-state index is -1.79. The molecule has 35 heavy (non-hydrogen) atoms. The first-order valence-corrected chi connectivity index (χ1v) is 10.7. The smallest absolute Gasteiger partial charge is 0.306 e. The Labute approximate surface area is 198 Å². The van der Waals surface area contributed by atoms with E-state index < -0.39 is 61.8 Å². The predicted molar refractivity (Wildman–Crippen MR) is 119 cm³/mol. The number of aryl methyl sites for hydroxylation is 3. The Morgan fingerprint density at radius 1 is 1.09 bits per heavy atom. The lowest BCUT2D eigenvalue weighted by Gasteiger charge is -2.24. The number of carboxylic acids is 1. The van der Waals surface area contributed by atoms with E-state index in [1.165, 1.54) is 16.3 Å². The predicted octanol–water partition coefficient (Wildman–Crippen LogP) is -1.31. The molecule has 3 rings (SSSR count). The summed E-state index contributed by atoms with van der Waals surface area (Å²) in [4.78, 5) is 39.8. The first-order chi connectivity index (χ1) is 16.5. The van der Waals surface area contributed by atoms with E-state index in [4.69, 9.17) is 9.84 Å². The number of hydrogen-bond donors (Lipinski definition) is 4. The van der Waals surface area contributed by atoms with Gasteiger partial charge in [0.05, 0.1) is 30.4 Å². The second-order valence-electron chi connectivity index (χ2n) is 8.13. The molecular weight excluding hydrogens is 464 g/mol. The van der Waals surface area contributed by atoms with E-state index in [0.29, 0.717) is 11.0 Å². The number of rotatable bonds is 10. The van der Waals surface area contributed by atoms with Gasteiger partial charge in [0.15, 0.2) is 5.69 Å². The first-order valence-electron chi connectivity index (χ1n) is 10.7. The van der Waals surface area contributed by atoms with Gasteiger partial charge in [0.25, 0.3) is 5.56 Å². The number of carboxylic acid groups (broad SMARTS) is 1. The highest BCUT2D eigenvalue weighted by atomic mass is 16.5. The molecule has 2 heterocycles. The minimum absolute atomic E-state index is 0.0668. The summed E-state index contributed by atoms with van der Waals surface area (Å²) < 4.78 is 7.23. The summed E-state index contributed by atoms with van der Waals surface area (Å²) in [5, 5.41) is 50.8. The highest BCUT2D eigenvalue weighted by molar-refractivity contribution is 5.79. The third-order valence-corrected chi connectivity index (χ3v) is 5.51. The molecule has 0 radical (unpaired) electrons. The van der Waals surface area contributed by atoms with E-state index in [-0.39, 0.29) is 11.5 Å². The lowest BCUT2D eigenvalue weighted by Crippen LogP contribution is -2.44. The van der Waals surface area contributed by atoms with Crippen LogP contribution in [0.1, 0.15) is 24.0 Å². The van der Waals surface area contributed by atoms with E-state index >= 15 is 0 Å². The largest absolute Gasteiger partial charge is 0.481 e. The van der Waals surface area contributed by atoms with Crippen molar-refractivity contribution in [2.75, 3.05) is 6.61 Å². The molecular formula is C21H26N6O8. The van der Waals surface area contributed by atoms with Crippen LogP contribution in [-0.4, -0.2) is 87.0 Å². The number of hydrogen-bond acceptors (Lipinski definition) is 11. The summed E-state index contributed by atoms with van der Waals surface area (Å²) in [6.45, 7) is 2.63. The summed E-state index contributed by atoms with van der Waals surface area (Å²) in [5.74, 6) is -1.96. The molecule has 3 atom stereocenters. The van der Waals surface area contributed by atoms with Gasteiger partial charge in [-0.25, -0.2) is 9.67 Å². The van der Waals surface area contributed by atoms with Gasteiger partial charge in [-0.1, -0.05) is 0 Å². The van der Waals surface area contributed by atoms with Crippen molar-refractivity contribution in [1.82, 2.24) is 29.8 Å². The molecule has 0 aliphatic rings. The van der Waals surface area contributed by atoms with Crippen LogP contribution in [0.15, 0.2) is 16.9 Å². The molecule has 0 unspecified atom stereocenters. The number of aliphatic hydroxyl groups excluding tert-OH is 3. The quantitative estimate of drug-likeness (QED) is 0.245. The van der Waals surface area contributed by atoms with E-state index in [2.05, 4.69) is 20.5 Å². The van der Waals surface area contributed by atoms with Crippen molar-refractivity contribution in [3.05, 3.63) is 33.6 Å². The number of fused-ring (bicyclic) bond motifs is 1. The van der Waals surface area contributed by atoms with Gasteiger partial charge in [0.2, 0.25) is 5.82 Å². The average Bonchev–Trinajstić information content (AvgIpc) is 3.23. The molecule has 4 N–H and O–H groups in total. The van der Waals surface area contributed by atoms with Gasteiger partial charge in [0, 0.05) is 7.05 Å². The van der Waals surface area contributed by atoms with Gasteiger partial charge in [-0.05, 0) is 47.5 Å². The van der Waals surface area contributed by atoms with Crippen LogP contribution in [-0.2, 0) is 27.9 Å². The normalized spacial score (nSPS) is 14.0. The maximum absolute atomic E-state index is 13.3. The van der Waals surface area contributed by atoms with Crippen LogP contribution in [0.4, 0.5) is 0 Å². The highest BCUT2D eigenvalue weighted by Crippen LogP contribution is 2.20. The van der Waals surface area contributed by atoms with E-state index in [1.807, 2.05) is 13.8 Å². The number of benzene rings is 1. The molecule has 0 saturated heterocycles. The number of nitrogens with zero attached hydrogens (tertiary/aromatic N) is 6. The van der Waals surface area contributed by atoms with Crippen molar-refractivity contribution in [3.63, 3.8) is 0 Å². The zero-order valence-corrected chi connectivity index (χ0v) is 19.3. The van der Waals surface area contributed by atoms with E-state index in [0.717, 1.165) is 11.1 Å². The Kier molecular flexibility index (Phi) is 7.89. The number of esters is 1.